The summed E-state index contributed by atoms with van der Waals surface area (Å²) in [6, 6.07) is 0. The van der Waals surface area contributed by atoms with Crippen molar-refractivity contribution in [2.75, 3.05) is 13.1 Å². The van der Waals surface area contributed by atoms with Gasteiger partial charge in [-0.25, -0.2) is 5.43 Å². The zero-order valence-electron chi connectivity index (χ0n) is 5.07. The largest absolute Gasteiger partial charge is 0.387 e. The van der Waals surface area contributed by atoms with Crippen molar-refractivity contribution in [3.63, 3.8) is 0 Å². The molecule has 0 aliphatic carbocycles. The molecule has 0 radical (unpaired) electrons. The Morgan fingerprint density at radius 1 is 1.33 bits per heavy atom. The van der Waals surface area contributed by atoms with E-state index in [4.69, 9.17) is 0 Å². The van der Waals surface area contributed by atoms with Gasteiger partial charge < -0.3 is 10.7 Å². The van der Waals surface area contributed by atoms with Crippen LogP contribution < -0.4 is 16.2 Å². The van der Waals surface area contributed by atoms with E-state index in [0.29, 0.717) is 0 Å². The molecule has 0 aromatic carbocycles. The molecule has 0 bridgehead atoms. The molecule has 0 amide bonds. The van der Waals surface area contributed by atoms with Crippen molar-refractivity contribution in [2.45, 2.75) is 0 Å². The predicted molar refractivity (Wildman–Crippen MR) is 35.3 cm³/mol. The Morgan fingerprint density at radius 3 is 3.22 bits per heavy atom. The summed E-state index contributed by atoms with van der Waals surface area (Å²) in [7, 11) is 0. The van der Waals surface area contributed by atoms with Gasteiger partial charge in [0.2, 0.25) is 0 Å². The van der Waals surface area contributed by atoms with Gasteiger partial charge in [-0.05, 0) is 17.8 Å². The van der Waals surface area contributed by atoms with E-state index in [0.717, 1.165) is 13.1 Å². The fourth-order valence-corrected chi connectivity index (χ4v) is 1.07. The van der Waals surface area contributed by atoms with Crippen molar-refractivity contribution in [3.8, 4) is 0 Å². The monoisotopic (exact) mass is 123 g/mol. The fourth-order valence-electron chi connectivity index (χ4n) is 1.07. The molecular weight excluding hydrogens is 114 g/mol. The molecular formula is C6H9N3. The lowest BCUT2D eigenvalue weighted by Crippen LogP contribution is -2.22. The van der Waals surface area contributed by atoms with Crippen molar-refractivity contribution in [1.82, 2.24) is 16.2 Å². The Morgan fingerprint density at radius 2 is 2.33 bits per heavy atom. The number of hydrazine groups is 1. The molecule has 0 saturated carbocycles. The highest BCUT2D eigenvalue weighted by molar-refractivity contribution is 5.31. The smallest absolute Gasteiger partial charge is 0.0525 e. The zero-order chi connectivity index (χ0) is 6.10. The Bertz CT molecular complexity index is 181. The van der Waals surface area contributed by atoms with Gasteiger partial charge >= 0.3 is 0 Å². The minimum Gasteiger partial charge on any atom is -0.387 e. The van der Waals surface area contributed by atoms with E-state index in [-0.39, 0.29) is 0 Å². The van der Waals surface area contributed by atoms with E-state index >= 15 is 0 Å². The maximum Gasteiger partial charge on any atom is 0.0525 e. The summed E-state index contributed by atoms with van der Waals surface area (Å²) >= 11 is 0. The van der Waals surface area contributed by atoms with Crippen molar-refractivity contribution >= 4 is 0 Å². The molecule has 0 spiro atoms. The first-order valence-corrected chi connectivity index (χ1v) is 3.07. The van der Waals surface area contributed by atoms with Gasteiger partial charge in [-0.15, -0.1) is 0 Å². The van der Waals surface area contributed by atoms with Crippen LogP contribution in [0, 0.1) is 0 Å². The molecule has 2 heterocycles. The highest BCUT2D eigenvalue weighted by Gasteiger charge is 2.11. The molecule has 3 heteroatoms. The van der Waals surface area contributed by atoms with Gasteiger partial charge in [0.25, 0.3) is 0 Å². The number of hydrogen-bond donors (Lipinski definition) is 3. The molecule has 0 atom stereocenters. The van der Waals surface area contributed by atoms with Crippen LogP contribution in [0.3, 0.4) is 0 Å². The average molecular weight is 123 g/mol. The summed E-state index contributed by atoms with van der Waals surface area (Å²) in [5.41, 5.74) is 8.75. The van der Waals surface area contributed by atoms with Gasteiger partial charge in [0.1, 0.15) is 0 Å². The summed E-state index contributed by atoms with van der Waals surface area (Å²) in [5.74, 6) is 0. The molecule has 3 N–H and O–H groups in total. The van der Waals surface area contributed by atoms with Crippen LogP contribution in [0.4, 0.5) is 0 Å². The average Bonchev–Trinajstić information content (AvgIpc) is 2.33. The van der Waals surface area contributed by atoms with Crippen LogP contribution in [0.2, 0.25) is 0 Å². The molecule has 9 heavy (non-hydrogen) atoms. The topological polar surface area (TPSA) is 36.1 Å². The molecule has 0 fully saturated rings. The SMILES string of the molecule is C1=CC2=C(CN1)CNN2. The summed E-state index contributed by atoms with van der Waals surface area (Å²) in [5, 5.41) is 3.14. The van der Waals surface area contributed by atoms with Crippen LogP contribution in [-0.4, -0.2) is 13.1 Å². The Balaban J connectivity index is 2.28. The highest BCUT2D eigenvalue weighted by atomic mass is 15.4. The third-order valence-electron chi connectivity index (χ3n) is 1.59. The Labute approximate surface area is 53.8 Å². The van der Waals surface area contributed by atoms with Crippen LogP contribution in [0.5, 0.6) is 0 Å². The molecule has 0 unspecified atom stereocenters. The first-order valence-electron chi connectivity index (χ1n) is 3.07. The highest BCUT2D eigenvalue weighted by Crippen LogP contribution is 2.08. The van der Waals surface area contributed by atoms with Gasteiger partial charge in [-0.1, -0.05) is 0 Å². The molecule has 3 nitrogen and oxygen atoms in total. The number of dihydropyridines is 1. The van der Waals surface area contributed by atoms with Crippen LogP contribution in [0.25, 0.3) is 0 Å². The summed E-state index contributed by atoms with van der Waals surface area (Å²) in [6.45, 7) is 1.94. The van der Waals surface area contributed by atoms with E-state index < -0.39 is 0 Å². The van der Waals surface area contributed by atoms with Gasteiger partial charge in [-0.3, -0.25) is 0 Å². The van der Waals surface area contributed by atoms with Gasteiger partial charge in [0.05, 0.1) is 5.70 Å². The maximum absolute atomic E-state index is 3.14. The maximum atomic E-state index is 3.14. The van der Waals surface area contributed by atoms with Crippen molar-refractivity contribution in [3.05, 3.63) is 23.5 Å². The molecule has 2 rings (SSSR count). The molecule has 48 valence electrons. The summed E-state index contributed by atoms with van der Waals surface area (Å²) in [4.78, 5) is 0. The van der Waals surface area contributed by atoms with Gasteiger partial charge in [0.15, 0.2) is 0 Å². The third kappa shape index (κ3) is 0.695. The Hall–Kier alpha value is -0.960. The van der Waals surface area contributed by atoms with Gasteiger partial charge in [0, 0.05) is 13.1 Å². The normalized spacial score (nSPS) is 23.1. The lowest BCUT2D eigenvalue weighted by Gasteiger charge is -2.07. The first kappa shape index (κ1) is 4.88. The molecule has 2 aliphatic heterocycles. The van der Waals surface area contributed by atoms with Crippen LogP contribution in [0.15, 0.2) is 23.5 Å². The Kier molecular flexibility index (Phi) is 0.960. The van der Waals surface area contributed by atoms with E-state index in [9.17, 15) is 0 Å². The number of nitrogens with one attached hydrogen (secondary N) is 3. The van der Waals surface area contributed by atoms with Crippen LogP contribution in [0.1, 0.15) is 0 Å². The van der Waals surface area contributed by atoms with E-state index in [1.54, 1.807) is 0 Å². The number of allylic oxidation sites excluding steroid dienone is 1. The lowest BCUT2D eigenvalue weighted by atomic mass is 10.2. The second-order valence-electron chi connectivity index (χ2n) is 2.21. The van der Waals surface area contributed by atoms with E-state index in [1.165, 1.54) is 11.3 Å². The second kappa shape index (κ2) is 1.77. The van der Waals surface area contributed by atoms with Gasteiger partial charge in [-0.2, -0.15) is 0 Å². The van der Waals surface area contributed by atoms with Crippen LogP contribution >= 0.6 is 0 Å². The molecule has 0 aromatic heterocycles. The number of hydrogen-bond acceptors (Lipinski definition) is 3. The first-order chi connectivity index (χ1) is 4.47. The van der Waals surface area contributed by atoms with E-state index in [2.05, 4.69) is 16.2 Å². The number of rotatable bonds is 0. The summed E-state index contributed by atoms with van der Waals surface area (Å²) in [6.07, 6.45) is 4.00. The molecule has 2 aliphatic rings. The van der Waals surface area contributed by atoms with Crippen molar-refractivity contribution < 1.29 is 0 Å². The fraction of sp³-hybridized carbons (Fsp3) is 0.333. The van der Waals surface area contributed by atoms with Crippen molar-refractivity contribution in [1.29, 1.82) is 0 Å². The van der Waals surface area contributed by atoms with E-state index in [1.807, 2.05) is 12.3 Å². The minimum atomic E-state index is 0.965. The van der Waals surface area contributed by atoms with Crippen LogP contribution in [-0.2, 0) is 0 Å². The summed E-state index contributed by atoms with van der Waals surface area (Å²) < 4.78 is 0. The predicted octanol–water partition coefficient (Wildman–Crippen LogP) is -0.535. The second-order valence-corrected chi connectivity index (χ2v) is 2.21. The zero-order valence-corrected chi connectivity index (χ0v) is 5.07. The standard InChI is InChI=1S/C6H9N3/c1-2-7-3-5-4-8-9-6(1)5/h1-2,7-9H,3-4H2. The minimum absolute atomic E-state index is 0.965. The molecule has 0 aromatic rings. The quantitative estimate of drug-likeness (QED) is 0.405. The lowest BCUT2D eigenvalue weighted by molar-refractivity contribution is 0.706. The third-order valence-corrected chi connectivity index (χ3v) is 1.59. The van der Waals surface area contributed by atoms with Crippen molar-refractivity contribution in [2.24, 2.45) is 0 Å². The molecule has 0 saturated heterocycles.